The van der Waals surface area contributed by atoms with Crippen molar-refractivity contribution in [1.29, 1.82) is 0 Å². The number of aliphatic hydroxyl groups is 1. The highest BCUT2D eigenvalue weighted by Crippen LogP contribution is 2.14. The van der Waals surface area contributed by atoms with Gasteiger partial charge in [-0.25, -0.2) is 0 Å². The molecular weight excluding hydrogens is 182 g/mol. The van der Waals surface area contributed by atoms with Gasteiger partial charge in [0, 0.05) is 6.04 Å². The maximum Gasteiger partial charge on any atom is 0.323 e. The van der Waals surface area contributed by atoms with Crippen LogP contribution in [0.5, 0.6) is 0 Å². The first-order valence-corrected chi connectivity index (χ1v) is 5.12. The second kappa shape index (κ2) is 5.98. The van der Waals surface area contributed by atoms with Gasteiger partial charge in [0.05, 0.1) is 6.61 Å². The third-order valence-electron chi connectivity index (χ3n) is 2.46. The number of hydrogen-bond donors (Lipinski definition) is 3. The zero-order valence-corrected chi connectivity index (χ0v) is 9.21. The van der Waals surface area contributed by atoms with Crippen molar-refractivity contribution in [3.63, 3.8) is 0 Å². The van der Waals surface area contributed by atoms with E-state index in [-0.39, 0.29) is 12.6 Å². The zero-order chi connectivity index (χ0) is 11.2. The molecule has 0 aromatic rings. The Labute approximate surface area is 85.3 Å². The second-order valence-electron chi connectivity index (χ2n) is 3.82. The first-order valence-electron chi connectivity index (χ1n) is 5.12. The van der Waals surface area contributed by atoms with Crippen molar-refractivity contribution in [2.45, 2.75) is 51.6 Å². The average Bonchev–Trinajstić information content (AvgIpc) is 2.14. The number of hydrogen-bond acceptors (Lipinski definition) is 3. The molecule has 0 bridgehead atoms. The highest BCUT2D eigenvalue weighted by Gasteiger charge is 2.33. The summed E-state index contributed by atoms with van der Waals surface area (Å²) in [5.41, 5.74) is -0.918. The van der Waals surface area contributed by atoms with E-state index >= 15 is 0 Å². The van der Waals surface area contributed by atoms with Gasteiger partial charge < -0.3 is 10.2 Å². The molecule has 0 spiro atoms. The molecule has 2 atom stereocenters. The molecular formula is C10H21NO3. The molecule has 0 amide bonds. The lowest BCUT2D eigenvalue weighted by Crippen LogP contribution is -2.54. The number of carboxylic acid groups (broad SMARTS) is 1. The normalized spacial score (nSPS) is 17.4. The van der Waals surface area contributed by atoms with Crippen LogP contribution in [-0.4, -0.2) is 34.4 Å². The summed E-state index contributed by atoms with van der Waals surface area (Å²) in [6, 6.07) is -0.136. The number of aliphatic carboxylic acids is 1. The van der Waals surface area contributed by atoms with Crippen LogP contribution in [0, 0.1) is 0 Å². The van der Waals surface area contributed by atoms with Crippen molar-refractivity contribution in [1.82, 2.24) is 5.32 Å². The molecule has 0 heterocycles. The summed E-state index contributed by atoms with van der Waals surface area (Å²) in [7, 11) is 0. The molecule has 84 valence electrons. The fourth-order valence-corrected chi connectivity index (χ4v) is 1.47. The summed E-state index contributed by atoms with van der Waals surface area (Å²) >= 11 is 0. The number of carboxylic acids is 1. The topological polar surface area (TPSA) is 69.6 Å². The van der Waals surface area contributed by atoms with Gasteiger partial charge in [0.2, 0.25) is 0 Å². The van der Waals surface area contributed by atoms with Gasteiger partial charge in [-0.15, -0.1) is 0 Å². The molecule has 0 saturated heterocycles. The van der Waals surface area contributed by atoms with Crippen LogP contribution in [-0.2, 0) is 4.79 Å². The van der Waals surface area contributed by atoms with Crippen molar-refractivity contribution in [3.05, 3.63) is 0 Å². The first kappa shape index (κ1) is 13.4. The maximum atomic E-state index is 11.0. The van der Waals surface area contributed by atoms with E-state index < -0.39 is 11.5 Å². The first-order chi connectivity index (χ1) is 6.50. The Bertz CT molecular complexity index is 180. The summed E-state index contributed by atoms with van der Waals surface area (Å²) in [5, 5.41) is 21.0. The Morgan fingerprint density at radius 1 is 1.50 bits per heavy atom. The minimum atomic E-state index is -0.918. The molecule has 2 unspecified atom stereocenters. The molecule has 0 radical (unpaired) electrons. The van der Waals surface area contributed by atoms with E-state index in [4.69, 9.17) is 10.2 Å². The van der Waals surface area contributed by atoms with E-state index in [2.05, 4.69) is 5.32 Å². The fourth-order valence-electron chi connectivity index (χ4n) is 1.47. The molecule has 0 aliphatic heterocycles. The maximum absolute atomic E-state index is 11.0. The monoisotopic (exact) mass is 203 g/mol. The summed E-state index contributed by atoms with van der Waals surface area (Å²) in [6.07, 6.45) is 2.10. The van der Waals surface area contributed by atoms with Gasteiger partial charge in [-0.1, -0.05) is 20.3 Å². The molecule has 0 rings (SSSR count). The predicted octanol–water partition coefficient (Wildman–Crippen LogP) is 0.990. The number of rotatable bonds is 7. The van der Waals surface area contributed by atoms with Crippen LogP contribution >= 0.6 is 0 Å². The molecule has 0 aliphatic rings. The standard InChI is InChI=1S/C10H21NO3/c1-4-6-10(3,9(13)14)11-8(5-2)7-12/h8,11-12H,4-7H2,1-3H3,(H,13,14). The van der Waals surface area contributed by atoms with Gasteiger partial charge >= 0.3 is 5.97 Å². The lowest BCUT2D eigenvalue weighted by molar-refractivity contribution is -0.145. The van der Waals surface area contributed by atoms with Crippen LogP contribution in [0.2, 0.25) is 0 Å². The molecule has 0 aromatic heterocycles. The highest BCUT2D eigenvalue weighted by molar-refractivity contribution is 5.78. The summed E-state index contributed by atoms with van der Waals surface area (Å²) < 4.78 is 0. The van der Waals surface area contributed by atoms with Crippen molar-refractivity contribution >= 4 is 5.97 Å². The quantitative estimate of drug-likeness (QED) is 0.577. The molecule has 3 N–H and O–H groups in total. The molecule has 14 heavy (non-hydrogen) atoms. The van der Waals surface area contributed by atoms with Crippen LogP contribution < -0.4 is 5.32 Å². The Morgan fingerprint density at radius 3 is 2.36 bits per heavy atom. The smallest absolute Gasteiger partial charge is 0.323 e. The van der Waals surface area contributed by atoms with Gasteiger partial charge in [-0.2, -0.15) is 0 Å². The van der Waals surface area contributed by atoms with Crippen LogP contribution in [0.3, 0.4) is 0 Å². The van der Waals surface area contributed by atoms with E-state index in [0.717, 1.165) is 12.8 Å². The van der Waals surface area contributed by atoms with Crippen LogP contribution in [0.1, 0.15) is 40.0 Å². The van der Waals surface area contributed by atoms with Crippen molar-refractivity contribution < 1.29 is 15.0 Å². The van der Waals surface area contributed by atoms with Crippen molar-refractivity contribution in [2.75, 3.05) is 6.61 Å². The van der Waals surface area contributed by atoms with Crippen molar-refractivity contribution in [3.8, 4) is 0 Å². The van der Waals surface area contributed by atoms with Gasteiger partial charge in [-0.3, -0.25) is 10.1 Å². The Hall–Kier alpha value is -0.610. The van der Waals surface area contributed by atoms with Gasteiger partial charge in [-0.05, 0) is 19.8 Å². The SMILES string of the molecule is CCCC(C)(NC(CC)CO)C(=O)O. The van der Waals surface area contributed by atoms with Crippen LogP contribution in [0.25, 0.3) is 0 Å². The number of carbonyl (C=O) groups is 1. The molecule has 0 fully saturated rings. The van der Waals surface area contributed by atoms with E-state index in [1.54, 1.807) is 6.92 Å². The van der Waals surface area contributed by atoms with Gasteiger partial charge in [0.25, 0.3) is 0 Å². The number of nitrogens with one attached hydrogen (secondary N) is 1. The lowest BCUT2D eigenvalue weighted by Gasteiger charge is -2.30. The van der Waals surface area contributed by atoms with Gasteiger partial charge in [0.1, 0.15) is 5.54 Å². The largest absolute Gasteiger partial charge is 0.480 e. The summed E-state index contributed by atoms with van der Waals surface area (Å²) in [5.74, 6) is -0.855. The Kier molecular flexibility index (Phi) is 5.72. The van der Waals surface area contributed by atoms with E-state index in [9.17, 15) is 4.79 Å². The molecule has 0 aromatic carbocycles. The lowest BCUT2D eigenvalue weighted by atomic mass is 9.95. The molecule has 4 nitrogen and oxygen atoms in total. The zero-order valence-electron chi connectivity index (χ0n) is 9.21. The summed E-state index contributed by atoms with van der Waals surface area (Å²) in [6.45, 7) is 5.51. The van der Waals surface area contributed by atoms with E-state index in [1.165, 1.54) is 0 Å². The minimum Gasteiger partial charge on any atom is -0.480 e. The predicted molar refractivity (Wildman–Crippen MR) is 55.2 cm³/mol. The van der Waals surface area contributed by atoms with E-state index in [0.29, 0.717) is 6.42 Å². The fraction of sp³-hybridized carbons (Fsp3) is 0.900. The average molecular weight is 203 g/mol. The number of aliphatic hydroxyl groups excluding tert-OH is 1. The van der Waals surface area contributed by atoms with Crippen molar-refractivity contribution in [2.24, 2.45) is 0 Å². The molecule has 4 heteroatoms. The van der Waals surface area contributed by atoms with Crippen LogP contribution in [0.4, 0.5) is 0 Å². The minimum absolute atomic E-state index is 0.0247. The molecule has 0 aliphatic carbocycles. The van der Waals surface area contributed by atoms with Crippen LogP contribution in [0.15, 0.2) is 0 Å². The van der Waals surface area contributed by atoms with E-state index in [1.807, 2.05) is 13.8 Å². The third-order valence-corrected chi connectivity index (χ3v) is 2.46. The molecule has 0 saturated carbocycles. The van der Waals surface area contributed by atoms with Gasteiger partial charge in [0.15, 0.2) is 0 Å². The highest BCUT2D eigenvalue weighted by atomic mass is 16.4. The second-order valence-corrected chi connectivity index (χ2v) is 3.82. The third kappa shape index (κ3) is 3.64. The summed E-state index contributed by atoms with van der Waals surface area (Å²) in [4.78, 5) is 11.0. The Balaban J connectivity index is 4.42. The Morgan fingerprint density at radius 2 is 2.07 bits per heavy atom.